The highest BCUT2D eigenvalue weighted by molar-refractivity contribution is 6.30. The van der Waals surface area contributed by atoms with E-state index in [1.54, 1.807) is 6.20 Å². The maximum atomic E-state index is 5.87. The second-order valence-corrected chi connectivity index (χ2v) is 3.95. The molecule has 0 amide bonds. The summed E-state index contributed by atoms with van der Waals surface area (Å²) in [6.07, 6.45) is 3.59. The number of imidazole rings is 1. The number of aromatic nitrogens is 2. The number of aromatic amines is 1. The first-order valence-electron chi connectivity index (χ1n) is 5.29. The Morgan fingerprint density at radius 3 is 2.69 bits per heavy atom. The first-order chi connectivity index (χ1) is 7.81. The van der Waals surface area contributed by atoms with Gasteiger partial charge in [0.05, 0.1) is 6.04 Å². The van der Waals surface area contributed by atoms with Gasteiger partial charge in [0.15, 0.2) is 0 Å². The predicted molar refractivity (Wildman–Crippen MR) is 65.6 cm³/mol. The van der Waals surface area contributed by atoms with Crippen molar-refractivity contribution < 1.29 is 0 Å². The van der Waals surface area contributed by atoms with Gasteiger partial charge in [-0.25, -0.2) is 4.98 Å². The third-order valence-corrected chi connectivity index (χ3v) is 2.66. The highest BCUT2D eigenvalue weighted by atomic mass is 35.5. The molecule has 0 saturated heterocycles. The van der Waals surface area contributed by atoms with Gasteiger partial charge in [0, 0.05) is 17.4 Å². The fourth-order valence-corrected chi connectivity index (χ4v) is 1.79. The van der Waals surface area contributed by atoms with Crippen molar-refractivity contribution in [2.75, 3.05) is 6.54 Å². The first-order valence-corrected chi connectivity index (χ1v) is 5.67. The molecule has 4 heteroatoms. The fraction of sp³-hybridized carbons (Fsp3) is 0.250. The molecule has 1 heterocycles. The van der Waals surface area contributed by atoms with E-state index in [0.717, 1.165) is 23.0 Å². The van der Waals surface area contributed by atoms with E-state index in [-0.39, 0.29) is 6.04 Å². The molecule has 2 N–H and O–H groups in total. The lowest BCUT2D eigenvalue weighted by atomic mass is 10.1. The van der Waals surface area contributed by atoms with Gasteiger partial charge in [-0.3, -0.25) is 0 Å². The first kappa shape index (κ1) is 11.2. The van der Waals surface area contributed by atoms with E-state index in [0.29, 0.717) is 0 Å². The molecule has 1 aromatic heterocycles. The van der Waals surface area contributed by atoms with Crippen LogP contribution in [0, 0.1) is 0 Å². The van der Waals surface area contributed by atoms with Crippen LogP contribution in [0.25, 0.3) is 0 Å². The van der Waals surface area contributed by atoms with Crippen molar-refractivity contribution >= 4 is 11.6 Å². The van der Waals surface area contributed by atoms with Gasteiger partial charge >= 0.3 is 0 Å². The van der Waals surface area contributed by atoms with Crippen molar-refractivity contribution in [3.8, 4) is 0 Å². The maximum Gasteiger partial charge on any atom is 0.127 e. The normalized spacial score (nSPS) is 12.6. The molecular weight excluding hydrogens is 222 g/mol. The van der Waals surface area contributed by atoms with E-state index >= 15 is 0 Å². The molecule has 0 aliphatic heterocycles. The zero-order chi connectivity index (χ0) is 11.4. The summed E-state index contributed by atoms with van der Waals surface area (Å²) in [5, 5.41) is 4.13. The minimum Gasteiger partial charge on any atom is -0.347 e. The quantitative estimate of drug-likeness (QED) is 0.856. The summed E-state index contributed by atoms with van der Waals surface area (Å²) >= 11 is 5.87. The second kappa shape index (κ2) is 5.14. The number of hydrogen-bond donors (Lipinski definition) is 2. The smallest absolute Gasteiger partial charge is 0.127 e. The van der Waals surface area contributed by atoms with Crippen LogP contribution in [0.1, 0.15) is 24.4 Å². The van der Waals surface area contributed by atoms with Gasteiger partial charge in [0.1, 0.15) is 5.82 Å². The molecule has 2 aromatic rings. The summed E-state index contributed by atoms with van der Waals surface area (Å²) in [4.78, 5) is 7.41. The highest BCUT2D eigenvalue weighted by Crippen LogP contribution is 2.20. The molecule has 1 atom stereocenters. The molecule has 84 valence electrons. The number of hydrogen-bond acceptors (Lipinski definition) is 2. The van der Waals surface area contributed by atoms with E-state index in [2.05, 4.69) is 22.2 Å². The van der Waals surface area contributed by atoms with E-state index in [1.165, 1.54) is 0 Å². The summed E-state index contributed by atoms with van der Waals surface area (Å²) in [7, 11) is 0. The molecule has 0 fully saturated rings. The van der Waals surface area contributed by atoms with E-state index < -0.39 is 0 Å². The molecule has 3 nitrogen and oxygen atoms in total. The number of H-pyrrole nitrogens is 1. The zero-order valence-corrected chi connectivity index (χ0v) is 9.83. The molecule has 0 aliphatic carbocycles. The van der Waals surface area contributed by atoms with Crippen molar-refractivity contribution in [2.45, 2.75) is 13.0 Å². The Labute approximate surface area is 99.9 Å². The Balaban J connectivity index is 2.29. The van der Waals surface area contributed by atoms with Crippen LogP contribution in [0.3, 0.4) is 0 Å². The third kappa shape index (κ3) is 2.43. The predicted octanol–water partition coefficient (Wildman–Crippen LogP) is 2.76. The molecule has 1 unspecified atom stereocenters. The molecule has 0 radical (unpaired) electrons. The van der Waals surface area contributed by atoms with Crippen molar-refractivity contribution in [1.82, 2.24) is 15.3 Å². The zero-order valence-electron chi connectivity index (χ0n) is 9.07. The van der Waals surface area contributed by atoms with Gasteiger partial charge in [-0.15, -0.1) is 0 Å². The molecule has 0 spiro atoms. The van der Waals surface area contributed by atoms with Crippen LogP contribution in [0.5, 0.6) is 0 Å². The summed E-state index contributed by atoms with van der Waals surface area (Å²) in [5.41, 5.74) is 1.15. The number of rotatable bonds is 4. The van der Waals surface area contributed by atoms with E-state index in [1.807, 2.05) is 30.5 Å². The van der Waals surface area contributed by atoms with Crippen molar-refractivity contribution in [1.29, 1.82) is 0 Å². The largest absolute Gasteiger partial charge is 0.347 e. The fourth-order valence-electron chi connectivity index (χ4n) is 1.67. The topological polar surface area (TPSA) is 40.7 Å². The van der Waals surface area contributed by atoms with Gasteiger partial charge in [-0.05, 0) is 24.2 Å². The Kier molecular flexibility index (Phi) is 3.59. The van der Waals surface area contributed by atoms with Gasteiger partial charge < -0.3 is 10.3 Å². The van der Waals surface area contributed by atoms with Crippen LogP contribution in [0.4, 0.5) is 0 Å². The van der Waals surface area contributed by atoms with Crippen LogP contribution >= 0.6 is 11.6 Å². The molecule has 0 aliphatic rings. The Morgan fingerprint density at radius 2 is 2.12 bits per heavy atom. The van der Waals surface area contributed by atoms with Crippen molar-refractivity contribution in [2.24, 2.45) is 0 Å². The minimum atomic E-state index is 0.0947. The van der Waals surface area contributed by atoms with Gasteiger partial charge in [0.25, 0.3) is 0 Å². The van der Waals surface area contributed by atoms with Gasteiger partial charge in [-0.2, -0.15) is 0 Å². The summed E-state index contributed by atoms with van der Waals surface area (Å²) in [6.45, 7) is 2.96. The Morgan fingerprint density at radius 1 is 1.38 bits per heavy atom. The summed E-state index contributed by atoms with van der Waals surface area (Å²) < 4.78 is 0. The molecule has 16 heavy (non-hydrogen) atoms. The third-order valence-electron chi connectivity index (χ3n) is 2.40. The summed E-state index contributed by atoms with van der Waals surface area (Å²) in [5.74, 6) is 0.921. The maximum absolute atomic E-state index is 5.87. The number of nitrogens with one attached hydrogen (secondary N) is 2. The lowest BCUT2D eigenvalue weighted by molar-refractivity contribution is 0.603. The molecule has 1 aromatic carbocycles. The number of nitrogens with zero attached hydrogens (tertiary/aromatic N) is 1. The lowest BCUT2D eigenvalue weighted by Crippen LogP contribution is -2.23. The molecule has 0 bridgehead atoms. The monoisotopic (exact) mass is 235 g/mol. The van der Waals surface area contributed by atoms with Crippen molar-refractivity contribution in [3.05, 3.63) is 53.1 Å². The summed E-state index contributed by atoms with van der Waals surface area (Å²) in [6, 6.07) is 7.90. The Hall–Kier alpha value is -1.32. The van der Waals surface area contributed by atoms with Crippen LogP contribution in [0.15, 0.2) is 36.7 Å². The second-order valence-electron chi connectivity index (χ2n) is 3.52. The van der Waals surface area contributed by atoms with Crippen LogP contribution in [-0.2, 0) is 0 Å². The van der Waals surface area contributed by atoms with Gasteiger partial charge in [-0.1, -0.05) is 30.7 Å². The Bertz CT molecular complexity index is 422. The van der Waals surface area contributed by atoms with Crippen LogP contribution in [0.2, 0.25) is 5.02 Å². The highest BCUT2D eigenvalue weighted by Gasteiger charge is 2.14. The average molecular weight is 236 g/mol. The number of benzene rings is 1. The molecule has 0 saturated carbocycles. The van der Waals surface area contributed by atoms with E-state index in [4.69, 9.17) is 11.6 Å². The van der Waals surface area contributed by atoms with Gasteiger partial charge in [0.2, 0.25) is 0 Å². The van der Waals surface area contributed by atoms with Crippen LogP contribution in [-0.4, -0.2) is 16.5 Å². The minimum absolute atomic E-state index is 0.0947. The van der Waals surface area contributed by atoms with E-state index in [9.17, 15) is 0 Å². The van der Waals surface area contributed by atoms with Crippen LogP contribution < -0.4 is 5.32 Å². The standard InChI is InChI=1S/C12H14ClN3/c1-2-14-11(12-15-7-8-16-12)9-3-5-10(13)6-4-9/h3-8,11,14H,2H2,1H3,(H,15,16). The average Bonchev–Trinajstić information content (AvgIpc) is 2.81. The molecule has 2 rings (SSSR count). The number of halogens is 1. The lowest BCUT2D eigenvalue weighted by Gasteiger charge is -2.15. The molecular formula is C12H14ClN3. The van der Waals surface area contributed by atoms with Crippen molar-refractivity contribution in [3.63, 3.8) is 0 Å². The SMILES string of the molecule is CCNC(c1ccc(Cl)cc1)c1ncc[nH]1.